The third-order valence-electron chi connectivity index (χ3n) is 7.37. The summed E-state index contributed by atoms with van der Waals surface area (Å²) in [6.45, 7) is 9.88. The number of carbonyl (C=O) groups excluding carboxylic acids is 2. The number of piperidine rings is 1. The Kier molecular flexibility index (Phi) is 9.05. The van der Waals surface area contributed by atoms with Gasteiger partial charge in [-0.1, -0.05) is 6.07 Å². The van der Waals surface area contributed by atoms with Gasteiger partial charge in [0, 0.05) is 49.9 Å². The second-order valence-electron chi connectivity index (χ2n) is 10.3. The molecule has 0 spiro atoms. The van der Waals surface area contributed by atoms with Crippen molar-refractivity contribution in [2.75, 3.05) is 65.3 Å². The highest BCUT2D eigenvalue weighted by molar-refractivity contribution is 5.92. The summed E-state index contributed by atoms with van der Waals surface area (Å²) in [6, 6.07) is 11.9. The summed E-state index contributed by atoms with van der Waals surface area (Å²) in [5.74, 6) is 1.98. The topological polar surface area (TPSA) is 74.4 Å². The summed E-state index contributed by atoms with van der Waals surface area (Å²) in [5, 5.41) is 3.02. The minimum atomic E-state index is -0.00133. The summed E-state index contributed by atoms with van der Waals surface area (Å²) < 4.78 is 10.9. The minimum Gasteiger partial charge on any atom is -0.497 e. The molecule has 2 aliphatic rings. The van der Waals surface area contributed by atoms with Gasteiger partial charge in [0.05, 0.1) is 20.8 Å². The Bertz CT molecular complexity index is 1070. The van der Waals surface area contributed by atoms with E-state index >= 15 is 0 Å². The zero-order valence-corrected chi connectivity index (χ0v) is 22.6. The number of aryl methyl sites for hydroxylation is 2. The number of nitrogens with zero attached hydrogens (tertiary/aromatic N) is 3. The van der Waals surface area contributed by atoms with E-state index in [-0.39, 0.29) is 17.7 Å². The standard InChI is InChI=1S/C29H40N4O4/c1-21-15-22(2)17-25(16-21)30-28(34)20-31-9-7-23(8-10-31)29(35)33-13-11-32(12-14-33)19-24-18-26(36-3)5-6-27(24)37-4/h5-6,15-18,23H,7-14,19-20H2,1-4H3,(H,30,34). The van der Waals surface area contributed by atoms with Crippen LogP contribution in [0.4, 0.5) is 5.69 Å². The van der Waals surface area contributed by atoms with Gasteiger partial charge in [-0.25, -0.2) is 0 Å². The Balaban J connectivity index is 1.20. The average molecular weight is 509 g/mol. The summed E-state index contributed by atoms with van der Waals surface area (Å²) >= 11 is 0. The van der Waals surface area contributed by atoms with E-state index in [9.17, 15) is 9.59 Å². The van der Waals surface area contributed by atoms with Crippen LogP contribution in [0.25, 0.3) is 0 Å². The molecule has 200 valence electrons. The molecule has 2 heterocycles. The maximum atomic E-state index is 13.2. The Morgan fingerprint density at radius 1 is 0.865 bits per heavy atom. The molecule has 2 aromatic carbocycles. The van der Waals surface area contributed by atoms with Crippen molar-refractivity contribution in [1.29, 1.82) is 0 Å². The number of carbonyl (C=O) groups is 2. The van der Waals surface area contributed by atoms with Crippen LogP contribution in [0.3, 0.4) is 0 Å². The van der Waals surface area contributed by atoms with Crippen molar-refractivity contribution in [2.45, 2.75) is 33.2 Å². The molecule has 8 heteroatoms. The summed E-state index contributed by atoms with van der Waals surface area (Å²) in [5.41, 5.74) is 4.21. The van der Waals surface area contributed by atoms with Crippen molar-refractivity contribution in [2.24, 2.45) is 5.92 Å². The summed E-state index contributed by atoms with van der Waals surface area (Å²) in [7, 11) is 3.35. The molecule has 37 heavy (non-hydrogen) atoms. The Morgan fingerprint density at radius 2 is 1.54 bits per heavy atom. The highest BCUT2D eigenvalue weighted by Crippen LogP contribution is 2.26. The van der Waals surface area contributed by atoms with Crippen molar-refractivity contribution in [3.8, 4) is 11.5 Å². The number of methoxy groups -OCH3 is 2. The Morgan fingerprint density at radius 3 is 2.16 bits per heavy atom. The van der Waals surface area contributed by atoms with Gasteiger partial charge in [0.25, 0.3) is 0 Å². The van der Waals surface area contributed by atoms with E-state index in [1.54, 1.807) is 14.2 Å². The fourth-order valence-corrected chi connectivity index (χ4v) is 5.42. The zero-order chi connectivity index (χ0) is 26.4. The van der Waals surface area contributed by atoms with Crippen molar-refractivity contribution in [3.63, 3.8) is 0 Å². The van der Waals surface area contributed by atoms with Gasteiger partial charge in [0.15, 0.2) is 0 Å². The molecule has 4 rings (SSSR count). The monoisotopic (exact) mass is 508 g/mol. The molecule has 0 saturated carbocycles. The lowest BCUT2D eigenvalue weighted by Crippen LogP contribution is -2.51. The Labute approximate surface area is 220 Å². The third kappa shape index (κ3) is 7.23. The van der Waals surface area contributed by atoms with E-state index in [2.05, 4.69) is 21.2 Å². The average Bonchev–Trinajstić information content (AvgIpc) is 2.88. The molecule has 1 N–H and O–H groups in total. The predicted octanol–water partition coefficient (Wildman–Crippen LogP) is 3.32. The van der Waals surface area contributed by atoms with Gasteiger partial charge in [0.2, 0.25) is 11.8 Å². The summed E-state index contributed by atoms with van der Waals surface area (Å²) in [4.78, 5) is 32.3. The van der Waals surface area contributed by atoms with Crippen LogP contribution in [0.5, 0.6) is 11.5 Å². The first-order valence-electron chi connectivity index (χ1n) is 13.2. The maximum Gasteiger partial charge on any atom is 0.238 e. The maximum absolute atomic E-state index is 13.2. The minimum absolute atomic E-state index is 0.00133. The SMILES string of the molecule is COc1ccc(OC)c(CN2CCN(C(=O)C3CCN(CC(=O)Nc4cc(C)cc(C)c4)CC3)CC2)c1. The molecular formula is C29H40N4O4. The lowest BCUT2D eigenvalue weighted by Gasteiger charge is -2.38. The number of piperazine rings is 1. The van der Waals surface area contributed by atoms with Crippen molar-refractivity contribution in [3.05, 3.63) is 53.1 Å². The quantitative estimate of drug-likeness (QED) is 0.590. The Hall–Kier alpha value is -3.10. The highest BCUT2D eigenvalue weighted by Gasteiger charge is 2.31. The second-order valence-corrected chi connectivity index (χ2v) is 10.3. The van der Waals surface area contributed by atoms with E-state index in [1.165, 1.54) is 0 Å². The number of amides is 2. The number of rotatable bonds is 8. The smallest absolute Gasteiger partial charge is 0.238 e. The van der Waals surface area contributed by atoms with Crippen LogP contribution in [0.2, 0.25) is 0 Å². The number of benzene rings is 2. The molecule has 0 aliphatic carbocycles. The summed E-state index contributed by atoms with van der Waals surface area (Å²) in [6.07, 6.45) is 1.60. The molecule has 2 aromatic rings. The zero-order valence-electron chi connectivity index (χ0n) is 22.6. The normalized spacial score (nSPS) is 17.5. The van der Waals surface area contributed by atoms with E-state index in [1.807, 2.05) is 49.1 Å². The molecule has 8 nitrogen and oxygen atoms in total. The van der Waals surface area contributed by atoms with Crippen LogP contribution in [0.1, 0.15) is 29.5 Å². The molecule has 0 aromatic heterocycles. The first kappa shape index (κ1) is 26.9. The molecule has 2 aliphatic heterocycles. The van der Waals surface area contributed by atoms with Gasteiger partial charge < -0.3 is 19.7 Å². The predicted molar refractivity (Wildman–Crippen MR) is 145 cm³/mol. The largest absolute Gasteiger partial charge is 0.497 e. The van der Waals surface area contributed by atoms with Gasteiger partial charge in [-0.2, -0.15) is 0 Å². The fraction of sp³-hybridized carbons (Fsp3) is 0.517. The number of hydrogen-bond acceptors (Lipinski definition) is 6. The van der Waals surface area contributed by atoms with E-state index in [0.717, 1.165) is 92.5 Å². The molecule has 0 bridgehead atoms. The molecule has 2 fully saturated rings. The molecule has 2 saturated heterocycles. The molecule has 2 amide bonds. The van der Waals surface area contributed by atoms with E-state index in [4.69, 9.17) is 9.47 Å². The van der Waals surface area contributed by atoms with Gasteiger partial charge in [-0.05, 0) is 81.2 Å². The van der Waals surface area contributed by atoms with Crippen LogP contribution in [0, 0.1) is 19.8 Å². The van der Waals surface area contributed by atoms with Crippen LogP contribution in [-0.2, 0) is 16.1 Å². The van der Waals surface area contributed by atoms with Crippen molar-refractivity contribution < 1.29 is 19.1 Å². The van der Waals surface area contributed by atoms with Gasteiger partial charge >= 0.3 is 0 Å². The highest BCUT2D eigenvalue weighted by atomic mass is 16.5. The van der Waals surface area contributed by atoms with Gasteiger partial charge in [0.1, 0.15) is 11.5 Å². The number of hydrogen-bond donors (Lipinski definition) is 1. The van der Waals surface area contributed by atoms with Gasteiger partial charge in [-0.3, -0.25) is 19.4 Å². The number of ether oxygens (including phenoxy) is 2. The van der Waals surface area contributed by atoms with Crippen LogP contribution < -0.4 is 14.8 Å². The first-order valence-corrected chi connectivity index (χ1v) is 13.2. The van der Waals surface area contributed by atoms with Crippen LogP contribution >= 0.6 is 0 Å². The second kappa shape index (κ2) is 12.4. The number of nitrogens with one attached hydrogen (secondary N) is 1. The van der Waals surface area contributed by atoms with E-state index in [0.29, 0.717) is 6.54 Å². The molecule has 0 unspecified atom stereocenters. The van der Waals surface area contributed by atoms with Crippen molar-refractivity contribution >= 4 is 17.5 Å². The van der Waals surface area contributed by atoms with Crippen LogP contribution in [-0.4, -0.2) is 86.5 Å². The lowest BCUT2D eigenvalue weighted by atomic mass is 9.95. The fourth-order valence-electron chi connectivity index (χ4n) is 5.42. The van der Waals surface area contributed by atoms with Crippen molar-refractivity contribution in [1.82, 2.24) is 14.7 Å². The van der Waals surface area contributed by atoms with E-state index < -0.39 is 0 Å². The molecular weight excluding hydrogens is 468 g/mol. The molecule has 0 atom stereocenters. The number of anilines is 1. The first-order chi connectivity index (χ1) is 17.8. The molecule has 0 radical (unpaired) electrons. The van der Waals surface area contributed by atoms with Crippen LogP contribution in [0.15, 0.2) is 36.4 Å². The lowest BCUT2D eigenvalue weighted by molar-refractivity contribution is -0.139. The third-order valence-corrected chi connectivity index (χ3v) is 7.37. The number of likely N-dealkylation sites (tertiary alicyclic amines) is 1. The van der Waals surface area contributed by atoms with Gasteiger partial charge in [-0.15, -0.1) is 0 Å².